The first-order chi connectivity index (χ1) is 13.7. The van der Waals surface area contributed by atoms with Gasteiger partial charge in [-0.2, -0.15) is 0 Å². The maximum absolute atomic E-state index is 12.7. The standard InChI is InChI=1S/C22H22N2O4/c1-15-20(22(25)23-12-6-5-9-16-7-3-2-4-8-16)21(28-24-15)17-10-11-18-19(13-17)27-14-26-18/h2-4,7-8,10-11,13H,5-6,9,12,14H2,1H3,(H,23,25). The molecule has 0 unspecified atom stereocenters. The Kier molecular flexibility index (Phi) is 5.28. The fourth-order valence-electron chi connectivity index (χ4n) is 3.26. The molecule has 0 fully saturated rings. The molecule has 1 aliphatic rings. The molecule has 0 bridgehead atoms. The molecule has 0 saturated carbocycles. The molecule has 1 N–H and O–H groups in total. The van der Waals surface area contributed by atoms with Gasteiger partial charge in [-0.15, -0.1) is 0 Å². The molecule has 2 heterocycles. The van der Waals surface area contributed by atoms with Gasteiger partial charge in [-0.1, -0.05) is 35.5 Å². The van der Waals surface area contributed by atoms with E-state index in [0.717, 1.165) is 24.8 Å². The van der Waals surface area contributed by atoms with Crippen LogP contribution < -0.4 is 14.8 Å². The van der Waals surface area contributed by atoms with Gasteiger partial charge in [0.05, 0.1) is 5.69 Å². The number of aromatic nitrogens is 1. The summed E-state index contributed by atoms with van der Waals surface area (Å²) in [6.07, 6.45) is 2.93. The van der Waals surface area contributed by atoms with E-state index in [9.17, 15) is 4.79 Å². The van der Waals surface area contributed by atoms with E-state index >= 15 is 0 Å². The van der Waals surface area contributed by atoms with E-state index in [0.29, 0.717) is 35.1 Å². The number of benzene rings is 2. The second kappa shape index (κ2) is 8.17. The van der Waals surface area contributed by atoms with E-state index in [1.165, 1.54) is 5.56 Å². The molecular weight excluding hydrogens is 356 g/mol. The number of rotatable bonds is 7. The van der Waals surface area contributed by atoms with Crippen LogP contribution >= 0.6 is 0 Å². The number of fused-ring (bicyclic) bond motifs is 1. The largest absolute Gasteiger partial charge is 0.454 e. The van der Waals surface area contributed by atoms with E-state index in [4.69, 9.17) is 14.0 Å². The van der Waals surface area contributed by atoms with Gasteiger partial charge in [0, 0.05) is 12.1 Å². The van der Waals surface area contributed by atoms with Crippen molar-refractivity contribution < 1.29 is 18.8 Å². The number of amides is 1. The first kappa shape index (κ1) is 18.1. The molecule has 144 valence electrons. The minimum absolute atomic E-state index is 0.175. The Morgan fingerprint density at radius 1 is 1.07 bits per heavy atom. The van der Waals surface area contributed by atoms with E-state index in [1.54, 1.807) is 19.1 Å². The Bertz CT molecular complexity index is 966. The topological polar surface area (TPSA) is 73.6 Å². The summed E-state index contributed by atoms with van der Waals surface area (Å²) in [5.41, 5.74) is 3.07. The van der Waals surface area contributed by atoms with Crippen molar-refractivity contribution in [3.05, 3.63) is 65.4 Å². The molecule has 0 aliphatic carbocycles. The zero-order valence-corrected chi connectivity index (χ0v) is 15.7. The van der Waals surface area contributed by atoms with Gasteiger partial charge < -0.3 is 19.3 Å². The zero-order valence-electron chi connectivity index (χ0n) is 15.7. The average molecular weight is 378 g/mol. The third kappa shape index (κ3) is 3.86. The lowest BCUT2D eigenvalue weighted by atomic mass is 10.1. The van der Waals surface area contributed by atoms with Gasteiger partial charge in [0.1, 0.15) is 5.56 Å². The van der Waals surface area contributed by atoms with Gasteiger partial charge in [0.15, 0.2) is 17.3 Å². The predicted octanol–water partition coefficient (Wildman–Crippen LogP) is 4.13. The maximum atomic E-state index is 12.7. The van der Waals surface area contributed by atoms with Crippen molar-refractivity contribution in [1.29, 1.82) is 0 Å². The fraction of sp³-hybridized carbons (Fsp3) is 0.273. The molecule has 2 aromatic carbocycles. The summed E-state index contributed by atoms with van der Waals surface area (Å²) in [5, 5.41) is 6.96. The number of carbonyl (C=O) groups is 1. The third-order valence-corrected chi connectivity index (χ3v) is 4.75. The van der Waals surface area contributed by atoms with Crippen LogP contribution in [-0.4, -0.2) is 24.4 Å². The normalized spacial score (nSPS) is 12.2. The van der Waals surface area contributed by atoms with Crippen LogP contribution in [0.5, 0.6) is 11.5 Å². The number of nitrogens with zero attached hydrogens (tertiary/aromatic N) is 1. The van der Waals surface area contributed by atoms with E-state index in [-0.39, 0.29) is 12.7 Å². The number of nitrogens with one attached hydrogen (secondary N) is 1. The SMILES string of the molecule is Cc1noc(-c2ccc3c(c2)OCO3)c1C(=O)NCCCCc1ccccc1. The number of ether oxygens (including phenoxy) is 2. The van der Waals surface area contributed by atoms with Crippen LogP contribution in [0, 0.1) is 6.92 Å². The van der Waals surface area contributed by atoms with Crippen molar-refractivity contribution in [3.8, 4) is 22.8 Å². The molecule has 0 saturated heterocycles. The molecule has 4 rings (SSSR count). The lowest BCUT2D eigenvalue weighted by Gasteiger charge is -2.07. The van der Waals surface area contributed by atoms with Crippen molar-refractivity contribution in [2.24, 2.45) is 0 Å². The summed E-state index contributed by atoms with van der Waals surface area (Å²) in [4.78, 5) is 12.7. The van der Waals surface area contributed by atoms with Gasteiger partial charge in [0.25, 0.3) is 5.91 Å². The van der Waals surface area contributed by atoms with Gasteiger partial charge in [0.2, 0.25) is 6.79 Å². The maximum Gasteiger partial charge on any atom is 0.257 e. The van der Waals surface area contributed by atoms with Gasteiger partial charge in [-0.25, -0.2) is 0 Å². The van der Waals surface area contributed by atoms with Crippen molar-refractivity contribution in [2.75, 3.05) is 13.3 Å². The smallest absolute Gasteiger partial charge is 0.257 e. The molecule has 0 atom stereocenters. The van der Waals surface area contributed by atoms with Crippen LogP contribution in [0.2, 0.25) is 0 Å². The first-order valence-electron chi connectivity index (χ1n) is 9.41. The predicted molar refractivity (Wildman–Crippen MR) is 105 cm³/mol. The van der Waals surface area contributed by atoms with Gasteiger partial charge >= 0.3 is 0 Å². The van der Waals surface area contributed by atoms with Crippen LogP contribution in [0.4, 0.5) is 0 Å². The monoisotopic (exact) mass is 378 g/mol. The van der Waals surface area contributed by atoms with Crippen molar-refractivity contribution in [1.82, 2.24) is 10.5 Å². The highest BCUT2D eigenvalue weighted by molar-refractivity contribution is 6.00. The van der Waals surface area contributed by atoms with Crippen LogP contribution in [0.1, 0.15) is 34.5 Å². The molecular formula is C22H22N2O4. The van der Waals surface area contributed by atoms with E-state index in [1.807, 2.05) is 24.3 Å². The van der Waals surface area contributed by atoms with E-state index < -0.39 is 0 Å². The Balaban J connectivity index is 1.37. The Morgan fingerprint density at radius 3 is 2.75 bits per heavy atom. The number of unbranched alkanes of at least 4 members (excludes halogenated alkanes) is 1. The highest BCUT2D eigenvalue weighted by Crippen LogP contribution is 2.37. The number of aryl methyl sites for hydroxylation is 2. The van der Waals surface area contributed by atoms with Gasteiger partial charge in [-0.3, -0.25) is 4.79 Å². The second-order valence-corrected chi connectivity index (χ2v) is 6.74. The van der Waals surface area contributed by atoms with Crippen molar-refractivity contribution in [3.63, 3.8) is 0 Å². The van der Waals surface area contributed by atoms with Crippen molar-refractivity contribution >= 4 is 5.91 Å². The Morgan fingerprint density at radius 2 is 1.89 bits per heavy atom. The summed E-state index contributed by atoms with van der Waals surface area (Å²) in [6.45, 7) is 2.58. The molecule has 6 nitrogen and oxygen atoms in total. The summed E-state index contributed by atoms with van der Waals surface area (Å²) in [5.74, 6) is 1.59. The molecule has 1 aromatic heterocycles. The molecule has 1 amide bonds. The highest BCUT2D eigenvalue weighted by atomic mass is 16.7. The second-order valence-electron chi connectivity index (χ2n) is 6.74. The summed E-state index contributed by atoms with van der Waals surface area (Å²) in [7, 11) is 0. The lowest BCUT2D eigenvalue weighted by Crippen LogP contribution is -2.25. The third-order valence-electron chi connectivity index (χ3n) is 4.75. The van der Waals surface area contributed by atoms with Crippen LogP contribution in [-0.2, 0) is 6.42 Å². The summed E-state index contributed by atoms with van der Waals surface area (Å²) < 4.78 is 16.2. The lowest BCUT2D eigenvalue weighted by molar-refractivity contribution is 0.0952. The minimum atomic E-state index is -0.175. The fourth-order valence-corrected chi connectivity index (χ4v) is 3.26. The number of hydrogen-bond acceptors (Lipinski definition) is 5. The Labute approximate surface area is 163 Å². The Hall–Kier alpha value is -3.28. The average Bonchev–Trinajstić information content (AvgIpc) is 3.34. The quantitative estimate of drug-likeness (QED) is 0.626. The molecule has 0 spiro atoms. The molecule has 3 aromatic rings. The highest BCUT2D eigenvalue weighted by Gasteiger charge is 2.23. The van der Waals surface area contributed by atoms with Crippen LogP contribution in [0.3, 0.4) is 0 Å². The zero-order chi connectivity index (χ0) is 19.3. The van der Waals surface area contributed by atoms with Crippen LogP contribution in [0.25, 0.3) is 11.3 Å². The molecule has 1 aliphatic heterocycles. The summed E-state index contributed by atoms with van der Waals surface area (Å²) in [6, 6.07) is 15.8. The molecule has 28 heavy (non-hydrogen) atoms. The van der Waals surface area contributed by atoms with Gasteiger partial charge in [-0.05, 0) is 49.9 Å². The number of carbonyl (C=O) groups excluding carboxylic acids is 1. The minimum Gasteiger partial charge on any atom is -0.454 e. The number of hydrogen-bond donors (Lipinski definition) is 1. The van der Waals surface area contributed by atoms with Crippen molar-refractivity contribution in [2.45, 2.75) is 26.2 Å². The van der Waals surface area contributed by atoms with Crippen LogP contribution in [0.15, 0.2) is 53.1 Å². The van der Waals surface area contributed by atoms with E-state index in [2.05, 4.69) is 22.6 Å². The summed E-state index contributed by atoms with van der Waals surface area (Å²) >= 11 is 0. The first-order valence-corrected chi connectivity index (χ1v) is 9.41. The molecule has 6 heteroatoms. The molecule has 0 radical (unpaired) electrons.